The van der Waals surface area contributed by atoms with Gasteiger partial charge in [0.1, 0.15) is 0 Å². The second-order valence-electron chi connectivity index (χ2n) is 6.76. The summed E-state index contributed by atoms with van der Waals surface area (Å²) in [6, 6.07) is 9.39. The van der Waals surface area contributed by atoms with Crippen LogP contribution in [-0.2, 0) is 16.1 Å². The Morgan fingerprint density at radius 1 is 1.25 bits per heavy atom. The van der Waals surface area contributed by atoms with Gasteiger partial charge in [0.05, 0.1) is 5.75 Å². The molecule has 0 aliphatic carbocycles. The highest BCUT2D eigenvalue weighted by Gasteiger charge is 2.27. The molecule has 1 aliphatic heterocycles. The molecule has 0 atom stereocenters. The zero-order chi connectivity index (χ0) is 19.9. The molecule has 1 aliphatic rings. The van der Waals surface area contributed by atoms with Gasteiger partial charge in [0.25, 0.3) is 0 Å². The molecule has 3 rings (SSSR count). The monoisotopic (exact) mass is 403 g/mol. The van der Waals surface area contributed by atoms with Crippen molar-refractivity contribution in [3.63, 3.8) is 0 Å². The fourth-order valence-corrected chi connectivity index (χ4v) is 4.08. The lowest BCUT2D eigenvalue weighted by Gasteiger charge is -2.31. The second kappa shape index (κ2) is 9.59. The van der Waals surface area contributed by atoms with Crippen molar-refractivity contribution in [1.82, 2.24) is 19.7 Å². The fraction of sp³-hybridized carbons (Fsp3) is 0.474. The van der Waals surface area contributed by atoms with Crippen LogP contribution in [0.25, 0.3) is 0 Å². The first-order chi connectivity index (χ1) is 13.6. The number of piperidine rings is 1. The summed E-state index contributed by atoms with van der Waals surface area (Å²) < 4.78 is 1.55. The summed E-state index contributed by atoms with van der Waals surface area (Å²) in [7, 11) is 0. The van der Waals surface area contributed by atoms with Crippen molar-refractivity contribution in [3.05, 3.63) is 40.8 Å². The minimum absolute atomic E-state index is 0.00501. The number of carbonyl (C=O) groups is 2. The maximum Gasteiger partial charge on any atom is 0.343 e. The van der Waals surface area contributed by atoms with E-state index in [-0.39, 0.29) is 29.2 Å². The number of hydrogen-bond donors (Lipinski definition) is 2. The minimum Gasteiger partial charge on any atom is -0.342 e. The van der Waals surface area contributed by atoms with E-state index in [2.05, 4.69) is 15.5 Å². The number of benzene rings is 1. The number of likely N-dealkylation sites (tertiary alicyclic amines) is 1. The van der Waals surface area contributed by atoms with E-state index < -0.39 is 0 Å². The normalized spacial score (nSPS) is 14.8. The Balaban J connectivity index is 1.46. The van der Waals surface area contributed by atoms with Crippen molar-refractivity contribution in [2.45, 2.75) is 37.9 Å². The van der Waals surface area contributed by atoms with Crippen molar-refractivity contribution < 1.29 is 9.59 Å². The average molecular weight is 404 g/mol. The first-order valence-corrected chi connectivity index (χ1v) is 10.5. The van der Waals surface area contributed by atoms with Crippen LogP contribution in [0.4, 0.5) is 5.69 Å². The van der Waals surface area contributed by atoms with E-state index in [1.807, 2.05) is 37.3 Å². The largest absolute Gasteiger partial charge is 0.343 e. The molecule has 2 N–H and O–H groups in total. The van der Waals surface area contributed by atoms with Crippen molar-refractivity contribution >= 4 is 29.3 Å². The van der Waals surface area contributed by atoms with Crippen molar-refractivity contribution in [1.29, 1.82) is 0 Å². The Bertz CT molecular complexity index is 856. The second-order valence-corrected chi connectivity index (χ2v) is 7.70. The number of nitrogens with one attached hydrogen (secondary N) is 2. The molecule has 0 spiro atoms. The third kappa shape index (κ3) is 5.03. The summed E-state index contributed by atoms with van der Waals surface area (Å²) in [5, 5.41) is 9.89. The van der Waals surface area contributed by atoms with E-state index in [9.17, 15) is 14.4 Å². The summed E-state index contributed by atoms with van der Waals surface area (Å²) >= 11 is 1.27. The number of aromatic amines is 1. The van der Waals surface area contributed by atoms with Gasteiger partial charge < -0.3 is 10.2 Å². The molecule has 1 aromatic carbocycles. The van der Waals surface area contributed by atoms with Crippen LogP contribution in [0.1, 0.15) is 26.2 Å². The maximum absolute atomic E-state index is 12.5. The molecule has 0 radical (unpaired) electrons. The molecule has 9 heteroatoms. The SMILES string of the molecule is CCCn1c(SCC(=O)N2CCC(C(=O)Nc3ccccc3)CC2)n[nH]c1=O. The number of thioether (sulfide) groups is 1. The Morgan fingerprint density at radius 2 is 1.96 bits per heavy atom. The Labute approximate surface area is 167 Å². The average Bonchev–Trinajstić information content (AvgIpc) is 3.07. The molecular formula is C19H25N5O3S. The topological polar surface area (TPSA) is 100 Å². The fourth-order valence-electron chi connectivity index (χ4n) is 3.21. The highest BCUT2D eigenvalue weighted by molar-refractivity contribution is 7.99. The lowest BCUT2D eigenvalue weighted by molar-refractivity contribution is -0.132. The van der Waals surface area contributed by atoms with Gasteiger partial charge in [-0.1, -0.05) is 36.9 Å². The summed E-state index contributed by atoms with van der Waals surface area (Å²) in [4.78, 5) is 38.4. The van der Waals surface area contributed by atoms with Crippen LogP contribution in [0.15, 0.2) is 40.3 Å². The third-order valence-corrected chi connectivity index (χ3v) is 5.72. The molecule has 150 valence electrons. The lowest BCUT2D eigenvalue weighted by Crippen LogP contribution is -2.42. The first kappa shape index (κ1) is 20.2. The van der Waals surface area contributed by atoms with Crippen molar-refractivity contribution in [2.24, 2.45) is 5.92 Å². The van der Waals surface area contributed by atoms with Gasteiger partial charge in [0, 0.05) is 31.2 Å². The molecule has 1 fully saturated rings. The molecule has 2 heterocycles. The maximum atomic E-state index is 12.5. The number of aromatic nitrogens is 3. The van der Waals surface area contributed by atoms with E-state index in [0.717, 1.165) is 12.1 Å². The molecule has 1 aromatic heterocycles. The van der Waals surface area contributed by atoms with E-state index >= 15 is 0 Å². The van der Waals surface area contributed by atoms with Crippen molar-refractivity contribution in [2.75, 3.05) is 24.2 Å². The van der Waals surface area contributed by atoms with Crippen LogP contribution in [-0.4, -0.2) is 50.3 Å². The van der Waals surface area contributed by atoms with E-state index in [1.165, 1.54) is 11.8 Å². The molecule has 0 unspecified atom stereocenters. The van der Waals surface area contributed by atoms with Crippen LogP contribution in [0.2, 0.25) is 0 Å². The van der Waals surface area contributed by atoms with Gasteiger partial charge in [-0.25, -0.2) is 9.89 Å². The van der Waals surface area contributed by atoms with Crippen LogP contribution in [0, 0.1) is 5.92 Å². The summed E-state index contributed by atoms with van der Waals surface area (Å²) in [5.74, 6) is 0.158. The number of para-hydroxylation sites is 1. The predicted octanol–water partition coefficient (Wildman–Crippen LogP) is 1.95. The van der Waals surface area contributed by atoms with Crippen LogP contribution >= 0.6 is 11.8 Å². The van der Waals surface area contributed by atoms with Crippen LogP contribution < -0.4 is 11.0 Å². The van der Waals surface area contributed by atoms with Gasteiger partial charge in [-0.3, -0.25) is 14.2 Å². The Morgan fingerprint density at radius 3 is 2.64 bits per heavy atom. The predicted molar refractivity (Wildman–Crippen MR) is 108 cm³/mol. The van der Waals surface area contributed by atoms with Gasteiger partial charge in [-0.05, 0) is 31.4 Å². The molecule has 1 saturated heterocycles. The number of H-pyrrole nitrogens is 1. The zero-order valence-corrected chi connectivity index (χ0v) is 16.7. The van der Waals surface area contributed by atoms with E-state index in [1.54, 1.807) is 9.47 Å². The van der Waals surface area contributed by atoms with Gasteiger partial charge in [-0.2, -0.15) is 0 Å². The lowest BCUT2D eigenvalue weighted by atomic mass is 9.96. The van der Waals surface area contributed by atoms with Crippen LogP contribution in [0.3, 0.4) is 0 Å². The van der Waals surface area contributed by atoms with Gasteiger partial charge in [0.2, 0.25) is 11.8 Å². The minimum atomic E-state index is -0.248. The van der Waals surface area contributed by atoms with Crippen molar-refractivity contribution in [3.8, 4) is 0 Å². The number of nitrogens with zero attached hydrogens (tertiary/aromatic N) is 3. The summed E-state index contributed by atoms with van der Waals surface area (Å²) in [5.41, 5.74) is 0.543. The van der Waals surface area contributed by atoms with Gasteiger partial charge >= 0.3 is 5.69 Å². The third-order valence-electron chi connectivity index (χ3n) is 4.75. The van der Waals surface area contributed by atoms with E-state index in [4.69, 9.17) is 0 Å². The van der Waals surface area contributed by atoms with Crippen LogP contribution in [0.5, 0.6) is 0 Å². The molecule has 28 heavy (non-hydrogen) atoms. The number of hydrogen-bond acceptors (Lipinski definition) is 5. The number of rotatable bonds is 7. The molecule has 8 nitrogen and oxygen atoms in total. The molecule has 2 amide bonds. The van der Waals surface area contributed by atoms with E-state index in [0.29, 0.717) is 37.6 Å². The van der Waals surface area contributed by atoms with Gasteiger partial charge in [-0.15, -0.1) is 5.10 Å². The van der Waals surface area contributed by atoms with Gasteiger partial charge in [0.15, 0.2) is 5.16 Å². The number of carbonyl (C=O) groups excluding carboxylic acids is 2. The Kier molecular flexibility index (Phi) is 6.91. The molecule has 0 saturated carbocycles. The highest BCUT2D eigenvalue weighted by atomic mass is 32.2. The first-order valence-electron chi connectivity index (χ1n) is 9.50. The molecule has 0 bridgehead atoms. The smallest absolute Gasteiger partial charge is 0.342 e. The Hall–Kier alpha value is -2.55. The number of amides is 2. The standard InChI is InChI=1S/C19H25N5O3S/c1-2-10-24-18(27)21-22-19(24)28-13-16(25)23-11-8-14(9-12-23)17(26)20-15-6-4-3-5-7-15/h3-7,14H,2,8-13H2,1H3,(H,20,26)(H,21,27). The summed E-state index contributed by atoms with van der Waals surface area (Å²) in [6.45, 7) is 3.69. The molecule has 2 aromatic rings. The summed E-state index contributed by atoms with van der Waals surface area (Å²) in [6.07, 6.45) is 2.12. The zero-order valence-electron chi connectivity index (χ0n) is 15.9. The quantitative estimate of drug-likeness (QED) is 0.689. The highest BCUT2D eigenvalue weighted by Crippen LogP contribution is 2.21. The number of anilines is 1. The molecular weight excluding hydrogens is 378 g/mol.